The van der Waals surface area contributed by atoms with Crippen LogP contribution >= 0.6 is 7.14 Å². The molecule has 0 amide bonds. The highest BCUT2D eigenvalue weighted by Gasteiger charge is 2.38. The summed E-state index contributed by atoms with van der Waals surface area (Å²) in [5.41, 5.74) is 0.976. The molecule has 0 spiro atoms. The number of aldehydes is 1. The highest BCUT2D eigenvalue weighted by molar-refractivity contribution is 7.79. The molecule has 2 aromatic carbocycles. The lowest BCUT2D eigenvalue weighted by molar-refractivity contribution is -0.107. The quantitative estimate of drug-likeness (QED) is 0.443. The summed E-state index contributed by atoms with van der Waals surface area (Å²) in [4.78, 5) is 11.4. The van der Waals surface area contributed by atoms with Crippen molar-refractivity contribution in [2.45, 2.75) is 37.8 Å². The Morgan fingerprint density at radius 1 is 0.917 bits per heavy atom. The zero-order valence-corrected chi connectivity index (χ0v) is 14.7. The zero-order chi connectivity index (χ0) is 16.8. The van der Waals surface area contributed by atoms with Crippen LogP contribution < -0.4 is 10.6 Å². The summed E-state index contributed by atoms with van der Waals surface area (Å²) in [7, 11) is -2.92. The van der Waals surface area contributed by atoms with Gasteiger partial charge in [-0.1, -0.05) is 72.3 Å². The summed E-state index contributed by atoms with van der Waals surface area (Å²) in [5, 5.41) is 1.68. The largest absolute Gasteiger partial charge is 0.313 e. The number of hydrogen-bond acceptors (Lipinski definition) is 2. The van der Waals surface area contributed by atoms with Crippen molar-refractivity contribution in [1.29, 1.82) is 0 Å². The number of carbonyl (C=O) groups is 1. The first-order chi connectivity index (χ1) is 11.8. The average molecular weight is 338 g/mol. The molecule has 0 aromatic heterocycles. The van der Waals surface area contributed by atoms with E-state index in [2.05, 4.69) is 6.08 Å². The normalized spacial score (nSPS) is 16.2. The van der Waals surface area contributed by atoms with Gasteiger partial charge < -0.3 is 9.36 Å². The molecule has 0 fully saturated rings. The Hall–Kier alpha value is -1.92. The van der Waals surface area contributed by atoms with Crippen molar-refractivity contribution < 1.29 is 9.36 Å². The van der Waals surface area contributed by atoms with Gasteiger partial charge in [0.15, 0.2) is 0 Å². The van der Waals surface area contributed by atoms with Crippen molar-refractivity contribution in [2.75, 3.05) is 0 Å². The average Bonchev–Trinajstić information content (AvgIpc) is 2.67. The first-order valence-electron chi connectivity index (χ1n) is 8.60. The number of rotatable bonds is 6. The molecule has 24 heavy (non-hydrogen) atoms. The minimum Gasteiger partial charge on any atom is -0.313 e. The highest BCUT2D eigenvalue weighted by atomic mass is 31.2. The molecule has 3 rings (SSSR count). The summed E-state index contributed by atoms with van der Waals surface area (Å²) in [6, 6.07) is 19.3. The summed E-state index contributed by atoms with van der Waals surface area (Å²) in [6.07, 6.45) is 7.72. The van der Waals surface area contributed by atoms with Gasteiger partial charge in [-0.15, -0.1) is 0 Å². The van der Waals surface area contributed by atoms with Crippen molar-refractivity contribution in [3.63, 3.8) is 0 Å². The molecule has 124 valence electrons. The number of carbonyl (C=O) groups excluding carboxylic acids is 1. The second-order valence-corrected chi connectivity index (χ2v) is 9.24. The van der Waals surface area contributed by atoms with Gasteiger partial charge >= 0.3 is 0 Å². The second-order valence-electron chi connectivity index (χ2n) is 6.27. The van der Waals surface area contributed by atoms with E-state index in [0.717, 1.165) is 36.2 Å². The molecule has 2 aromatic rings. The van der Waals surface area contributed by atoms with Crippen LogP contribution in [0.15, 0.2) is 72.3 Å². The third kappa shape index (κ3) is 3.30. The van der Waals surface area contributed by atoms with Crippen molar-refractivity contribution in [3.05, 3.63) is 72.3 Å². The van der Waals surface area contributed by atoms with Gasteiger partial charge in [0.05, 0.1) is 0 Å². The van der Waals surface area contributed by atoms with Crippen LogP contribution in [0.1, 0.15) is 32.1 Å². The molecule has 0 aliphatic heterocycles. The molecule has 1 aliphatic carbocycles. The third-order valence-corrected chi connectivity index (χ3v) is 8.34. The van der Waals surface area contributed by atoms with Crippen molar-refractivity contribution in [3.8, 4) is 0 Å². The molecule has 0 saturated carbocycles. The van der Waals surface area contributed by atoms with Crippen LogP contribution in [0.5, 0.6) is 0 Å². The van der Waals surface area contributed by atoms with E-state index in [1.54, 1.807) is 0 Å². The number of allylic oxidation sites excluding steroid dienone is 2. The van der Waals surface area contributed by atoms with Gasteiger partial charge in [-0.05, 0) is 25.7 Å². The van der Waals surface area contributed by atoms with Crippen molar-refractivity contribution in [1.82, 2.24) is 0 Å². The zero-order valence-electron chi connectivity index (χ0n) is 13.8. The molecule has 0 saturated heterocycles. The number of hydrogen-bond donors (Lipinski definition) is 0. The summed E-state index contributed by atoms with van der Waals surface area (Å²) in [5.74, 6) is 0. The van der Waals surface area contributed by atoms with E-state index < -0.39 is 7.14 Å². The summed E-state index contributed by atoms with van der Waals surface area (Å²) >= 11 is 0. The standard InChI is InChI=1S/C21H23O2P/c22-17-16-21(18-10-4-1-5-11-18)24(23,19-12-6-2-7-13-19)20-14-8-3-9-15-20/h2-3,6-10,12-15,17,21H,1,4-5,11,16H2. The Morgan fingerprint density at radius 2 is 1.50 bits per heavy atom. The first-order valence-corrected chi connectivity index (χ1v) is 10.4. The molecule has 0 bridgehead atoms. The fourth-order valence-electron chi connectivity index (χ4n) is 3.60. The van der Waals surface area contributed by atoms with E-state index in [4.69, 9.17) is 0 Å². The number of benzene rings is 2. The second kappa shape index (κ2) is 7.77. The molecule has 0 radical (unpaired) electrons. The van der Waals surface area contributed by atoms with E-state index in [1.807, 2.05) is 60.7 Å². The maximum absolute atomic E-state index is 14.4. The SMILES string of the molecule is O=CCC(C1=CCCCC1)P(=O)(c1ccccc1)c1ccccc1. The van der Waals surface area contributed by atoms with Gasteiger partial charge in [-0.25, -0.2) is 0 Å². The molecular formula is C21H23O2P. The Bertz CT molecular complexity index is 706. The lowest BCUT2D eigenvalue weighted by Crippen LogP contribution is -2.28. The van der Waals surface area contributed by atoms with Gasteiger partial charge in [0.1, 0.15) is 13.4 Å². The lowest BCUT2D eigenvalue weighted by Gasteiger charge is -2.31. The first kappa shape index (κ1) is 16.9. The van der Waals surface area contributed by atoms with Gasteiger partial charge in [0, 0.05) is 22.7 Å². The molecular weight excluding hydrogens is 315 g/mol. The monoisotopic (exact) mass is 338 g/mol. The Balaban J connectivity index is 2.17. The summed E-state index contributed by atoms with van der Waals surface area (Å²) < 4.78 is 14.4. The molecule has 1 atom stereocenters. The predicted octanol–water partition coefficient (Wildman–Crippen LogP) is 4.46. The Morgan fingerprint density at radius 3 is 1.96 bits per heavy atom. The van der Waals surface area contributed by atoms with E-state index in [-0.39, 0.29) is 5.66 Å². The van der Waals surface area contributed by atoms with Gasteiger partial charge in [0.2, 0.25) is 0 Å². The topological polar surface area (TPSA) is 34.1 Å². The van der Waals surface area contributed by atoms with E-state index in [9.17, 15) is 9.36 Å². The van der Waals surface area contributed by atoms with Crippen LogP contribution in [0, 0.1) is 0 Å². The van der Waals surface area contributed by atoms with Crippen LogP contribution in [-0.2, 0) is 9.36 Å². The van der Waals surface area contributed by atoms with E-state index in [0.29, 0.717) is 6.42 Å². The van der Waals surface area contributed by atoms with Gasteiger partial charge in [-0.2, -0.15) is 0 Å². The molecule has 0 heterocycles. The van der Waals surface area contributed by atoms with Crippen molar-refractivity contribution >= 4 is 24.0 Å². The van der Waals surface area contributed by atoms with Crippen LogP contribution in [-0.4, -0.2) is 11.9 Å². The maximum Gasteiger partial charge on any atom is 0.150 e. The van der Waals surface area contributed by atoms with Crippen LogP contribution in [0.25, 0.3) is 0 Å². The third-order valence-electron chi connectivity index (χ3n) is 4.79. The van der Waals surface area contributed by atoms with Crippen LogP contribution in [0.4, 0.5) is 0 Å². The fourth-order valence-corrected chi connectivity index (χ4v) is 6.93. The molecule has 3 heteroatoms. The minimum absolute atomic E-state index is 0.222. The minimum atomic E-state index is -2.92. The van der Waals surface area contributed by atoms with Crippen LogP contribution in [0.3, 0.4) is 0 Å². The maximum atomic E-state index is 14.4. The Kier molecular flexibility index (Phi) is 5.48. The van der Waals surface area contributed by atoms with E-state index in [1.165, 1.54) is 12.0 Å². The lowest BCUT2D eigenvalue weighted by atomic mass is 9.96. The molecule has 2 nitrogen and oxygen atoms in total. The fraction of sp³-hybridized carbons (Fsp3) is 0.286. The molecule has 1 unspecified atom stereocenters. The highest BCUT2D eigenvalue weighted by Crippen LogP contribution is 2.53. The van der Waals surface area contributed by atoms with Crippen LogP contribution in [0.2, 0.25) is 0 Å². The summed E-state index contributed by atoms with van der Waals surface area (Å²) in [6.45, 7) is 0. The van der Waals surface area contributed by atoms with Gasteiger partial charge in [0.25, 0.3) is 0 Å². The Labute approximate surface area is 144 Å². The van der Waals surface area contributed by atoms with Gasteiger partial charge in [-0.3, -0.25) is 0 Å². The molecule has 0 N–H and O–H groups in total. The smallest absolute Gasteiger partial charge is 0.150 e. The predicted molar refractivity (Wildman–Crippen MR) is 101 cm³/mol. The van der Waals surface area contributed by atoms with E-state index >= 15 is 0 Å². The molecule has 1 aliphatic rings. The van der Waals surface area contributed by atoms with Crippen molar-refractivity contribution in [2.24, 2.45) is 0 Å².